The van der Waals surface area contributed by atoms with Crippen molar-refractivity contribution in [2.75, 3.05) is 6.54 Å². The maximum absolute atomic E-state index is 3.94. The highest BCUT2D eigenvalue weighted by atomic mass is 15.0. The molecular formula is C18H28N2. The molecule has 2 aliphatic rings. The van der Waals surface area contributed by atoms with E-state index in [2.05, 4.69) is 41.8 Å². The molecule has 2 heteroatoms. The first-order valence-corrected chi connectivity index (χ1v) is 8.39. The summed E-state index contributed by atoms with van der Waals surface area (Å²) >= 11 is 0. The van der Waals surface area contributed by atoms with Crippen molar-refractivity contribution in [2.45, 2.75) is 64.1 Å². The fourth-order valence-corrected chi connectivity index (χ4v) is 3.92. The second kappa shape index (κ2) is 6.73. The van der Waals surface area contributed by atoms with Gasteiger partial charge in [0.05, 0.1) is 0 Å². The summed E-state index contributed by atoms with van der Waals surface area (Å²) in [6.45, 7) is 4.53. The van der Waals surface area contributed by atoms with E-state index in [-0.39, 0.29) is 0 Å². The Morgan fingerprint density at radius 1 is 1.10 bits per heavy atom. The fourth-order valence-electron chi connectivity index (χ4n) is 3.92. The summed E-state index contributed by atoms with van der Waals surface area (Å²) in [7, 11) is 0. The van der Waals surface area contributed by atoms with Crippen molar-refractivity contribution in [3.8, 4) is 0 Å². The van der Waals surface area contributed by atoms with Gasteiger partial charge in [0.2, 0.25) is 0 Å². The lowest BCUT2D eigenvalue weighted by Gasteiger charge is -2.32. The van der Waals surface area contributed by atoms with Gasteiger partial charge in [-0.15, -0.1) is 0 Å². The SMILES string of the molecule is CC(NC1CCNCc2ccccc21)C1CCCCC1. The van der Waals surface area contributed by atoms with Crippen LogP contribution in [0, 0.1) is 5.92 Å². The van der Waals surface area contributed by atoms with Crippen LogP contribution in [-0.2, 0) is 6.54 Å². The average Bonchev–Trinajstić information content (AvgIpc) is 2.71. The molecule has 1 fully saturated rings. The molecule has 2 unspecified atom stereocenters. The maximum Gasteiger partial charge on any atom is 0.0337 e. The van der Waals surface area contributed by atoms with E-state index in [1.807, 2.05) is 0 Å². The Bertz CT molecular complexity index is 423. The molecule has 0 bridgehead atoms. The van der Waals surface area contributed by atoms with Crippen molar-refractivity contribution in [2.24, 2.45) is 5.92 Å². The van der Waals surface area contributed by atoms with E-state index in [4.69, 9.17) is 0 Å². The Morgan fingerprint density at radius 3 is 2.75 bits per heavy atom. The number of rotatable bonds is 3. The minimum absolute atomic E-state index is 0.526. The van der Waals surface area contributed by atoms with Gasteiger partial charge in [-0.2, -0.15) is 0 Å². The molecular weight excluding hydrogens is 244 g/mol. The van der Waals surface area contributed by atoms with Crippen molar-refractivity contribution >= 4 is 0 Å². The number of fused-ring (bicyclic) bond motifs is 1. The van der Waals surface area contributed by atoms with Crippen LogP contribution < -0.4 is 10.6 Å². The molecule has 1 aromatic carbocycles. The van der Waals surface area contributed by atoms with Gasteiger partial charge in [-0.05, 0) is 49.8 Å². The van der Waals surface area contributed by atoms with Crippen molar-refractivity contribution < 1.29 is 0 Å². The third-order valence-electron chi connectivity index (χ3n) is 5.18. The summed E-state index contributed by atoms with van der Waals surface area (Å²) in [5, 5.41) is 7.49. The van der Waals surface area contributed by atoms with E-state index in [1.54, 1.807) is 0 Å². The van der Waals surface area contributed by atoms with Crippen molar-refractivity contribution in [1.29, 1.82) is 0 Å². The first-order valence-electron chi connectivity index (χ1n) is 8.39. The van der Waals surface area contributed by atoms with Crippen LogP contribution in [0.15, 0.2) is 24.3 Å². The Labute approximate surface area is 123 Å². The lowest BCUT2D eigenvalue weighted by molar-refractivity contribution is 0.261. The number of hydrogen-bond donors (Lipinski definition) is 2. The largest absolute Gasteiger partial charge is 0.313 e. The van der Waals surface area contributed by atoms with Gasteiger partial charge in [0.15, 0.2) is 0 Å². The van der Waals surface area contributed by atoms with Crippen LogP contribution in [0.4, 0.5) is 0 Å². The standard InChI is InChI=1S/C18H28N2/c1-14(15-7-3-2-4-8-15)20-18-11-12-19-13-16-9-5-6-10-17(16)18/h5-6,9-10,14-15,18-20H,2-4,7-8,11-13H2,1H3. The van der Waals surface area contributed by atoms with Gasteiger partial charge in [-0.3, -0.25) is 0 Å². The summed E-state index contributed by atoms with van der Waals surface area (Å²) < 4.78 is 0. The highest BCUT2D eigenvalue weighted by Crippen LogP contribution is 2.29. The summed E-state index contributed by atoms with van der Waals surface area (Å²) in [6, 6.07) is 10.1. The molecule has 0 spiro atoms. The molecule has 0 saturated heterocycles. The lowest BCUT2D eigenvalue weighted by Crippen LogP contribution is -2.37. The predicted molar refractivity (Wildman–Crippen MR) is 84.7 cm³/mol. The molecule has 20 heavy (non-hydrogen) atoms. The third-order valence-corrected chi connectivity index (χ3v) is 5.18. The highest BCUT2D eigenvalue weighted by Gasteiger charge is 2.24. The summed E-state index contributed by atoms with van der Waals surface area (Å²) in [5.74, 6) is 0.882. The van der Waals surface area contributed by atoms with Crippen LogP contribution in [0.2, 0.25) is 0 Å². The van der Waals surface area contributed by atoms with Crippen LogP contribution in [0.1, 0.15) is 62.6 Å². The number of benzene rings is 1. The first kappa shape index (κ1) is 14.1. The van der Waals surface area contributed by atoms with Gasteiger partial charge < -0.3 is 10.6 Å². The fraction of sp³-hybridized carbons (Fsp3) is 0.667. The van der Waals surface area contributed by atoms with Crippen LogP contribution in [-0.4, -0.2) is 12.6 Å². The van der Waals surface area contributed by atoms with Gasteiger partial charge >= 0.3 is 0 Å². The number of hydrogen-bond acceptors (Lipinski definition) is 2. The normalized spacial score (nSPS) is 25.8. The molecule has 2 N–H and O–H groups in total. The van der Waals surface area contributed by atoms with E-state index in [0.717, 1.165) is 19.0 Å². The molecule has 110 valence electrons. The van der Waals surface area contributed by atoms with Crippen LogP contribution >= 0.6 is 0 Å². The molecule has 1 aliphatic heterocycles. The average molecular weight is 272 g/mol. The molecule has 1 aliphatic carbocycles. The lowest BCUT2D eigenvalue weighted by atomic mass is 9.84. The van der Waals surface area contributed by atoms with E-state index in [9.17, 15) is 0 Å². The zero-order valence-electron chi connectivity index (χ0n) is 12.7. The summed E-state index contributed by atoms with van der Waals surface area (Å²) in [4.78, 5) is 0. The number of nitrogens with one attached hydrogen (secondary N) is 2. The summed E-state index contributed by atoms with van der Waals surface area (Å²) in [5.41, 5.74) is 2.98. The second-order valence-corrected chi connectivity index (χ2v) is 6.57. The van der Waals surface area contributed by atoms with E-state index < -0.39 is 0 Å². The predicted octanol–water partition coefficient (Wildman–Crippen LogP) is 3.78. The quantitative estimate of drug-likeness (QED) is 0.875. The smallest absolute Gasteiger partial charge is 0.0337 e. The monoisotopic (exact) mass is 272 g/mol. The topological polar surface area (TPSA) is 24.1 Å². The Hall–Kier alpha value is -0.860. The van der Waals surface area contributed by atoms with Crippen molar-refractivity contribution in [1.82, 2.24) is 10.6 Å². The van der Waals surface area contributed by atoms with Gasteiger partial charge in [-0.25, -0.2) is 0 Å². The van der Waals surface area contributed by atoms with Crippen LogP contribution in [0.5, 0.6) is 0 Å². The van der Waals surface area contributed by atoms with Gasteiger partial charge in [-0.1, -0.05) is 43.5 Å². The third kappa shape index (κ3) is 3.24. The zero-order chi connectivity index (χ0) is 13.8. The highest BCUT2D eigenvalue weighted by molar-refractivity contribution is 5.31. The summed E-state index contributed by atoms with van der Waals surface area (Å²) in [6.07, 6.45) is 8.34. The second-order valence-electron chi connectivity index (χ2n) is 6.57. The van der Waals surface area contributed by atoms with Crippen LogP contribution in [0.25, 0.3) is 0 Å². The van der Waals surface area contributed by atoms with E-state index >= 15 is 0 Å². The Morgan fingerprint density at radius 2 is 1.90 bits per heavy atom. The minimum Gasteiger partial charge on any atom is -0.313 e. The molecule has 2 atom stereocenters. The van der Waals surface area contributed by atoms with E-state index in [0.29, 0.717) is 12.1 Å². The van der Waals surface area contributed by atoms with Crippen LogP contribution in [0.3, 0.4) is 0 Å². The Balaban J connectivity index is 1.69. The van der Waals surface area contributed by atoms with Crippen molar-refractivity contribution in [3.63, 3.8) is 0 Å². The minimum atomic E-state index is 0.526. The molecule has 0 amide bonds. The molecule has 1 saturated carbocycles. The van der Waals surface area contributed by atoms with Crippen molar-refractivity contribution in [3.05, 3.63) is 35.4 Å². The van der Waals surface area contributed by atoms with Gasteiger partial charge in [0.25, 0.3) is 0 Å². The molecule has 1 aromatic rings. The molecule has 2 nitrogen and oxygen atoms in total. The van der Waals surface area contributed by atoms with Gasteiger partial charge in [0.1, 0.15) is 0 Å². The molecule has 1 heterocycles. The zero-order valence-corrected chi connectivity index (χ0v) is 12.7. The molecule has 0 radical (unpaired) electrons. The molecule has 0 aromatic heterocycles. The Kier molecular flexibility index (Phi) is 4.74. The maximum atomic E-state index is 3.94. The van der Waals surface area contributed by atoms with Gasteiger partial charge in [0, 0.05) is 18.6 Å². The molecule has 3 rings (SSSR count). The first-order chi connectivity index (χ1) is 9.84. The van der Waals surface area contributed by atoms with E-state index in [1.165, 1.54) is 49.7 Å².